The maximum atomic E-state index is 12.9. The van der Waals surface area contributed by atoms with Crippen molar-refractivity contribution in [3.8, 4) is 0 Å². The van der Waals surface area contributed by atoms with E-state index >= 15 is 0 Å². The topological polar surface area (TPSA) is 66.4 Å². The van der Waals surface area contributed by atoms with Gasteiger partial charge in [0.15, 0.2) is 0 Å². The van der Waals surface area contributed by atoms with E-state index in [1.807, 2.05) is 6.92 Å². The molecule has 0 spiro atoms. The van der Waals surface area contributed by atoms with Crippen molar-refractivity contribution < 1.29 is 19.1 Å². The van der Waals surface area contributed by atoms with E-state index in [9.17, 15) is 14.0 Å². The second-order valence-electron chi connectivity index (χ2n) is 4.30. The smallest absolute Gasteiger partial charge is 0.326 e. The zero-order valence-electron chi connectivity index (χ0n) is 10.6. The summed E-state index contributed by atoms with van der Waals surface area (Å²) in [4.78, 5) is 23.1. The number of hydrogen-bond donors (Lipinski definition) is 2. The molecule has 0 saturated heterocycles. The predicted molar refractivity (Wildman–Crippen MR) is 72.4 cm³/mol. The van der Waals surface area contributed by atoms with Crippen molar-refractivity contribution in [2.45, 2.75) is 26.3 Å². The molecule has 0 bridgehead atoms. The fourth-order valence-electron chi connectivity index (χ4n) is 1.58. The lowest BCUT2D eigenvalue weighted by atomic mass is 9.99. The summed E-state index contributed by atoms with van der Waals surface area (Å²) in [5, 5.41) is 11.6. The van der Waals surface area contributed by atoms with Crippen LogP contribution in [0.4, 0.5) is 4.39 Å². The molecule has 2 atom stereocenters. The lowest BCUT2D eigenvalue weighted by Gasteiger charge is -2.20. The van der Waals surface area contributed by atoms with Gasteiger partial charge in [-0.15, -0.1) is 0 Å². The number of aliphatic carboxylic acids is 1. The summed E-state index contributed by atoms with van der Waals surface area (Å²) >= 11 is 3.08. The quantitative estimate of drug-likeness (QED) is 0.871. The standard InChI is InChI=1S/C13H15BrFNO3/c1-3-7(2)11(13(18)19)16-12(17)9-5-4-8(15)6-10(9)14/h4-7,11H,3H2,1-2H3,(H,16,17)(H,18,19)/t7-,11-/m0/s1. The van der Waals surface area contributed by atoms with Crippen LogP contribution in [0.5, 0.6) is 0 Å². The van der Waals surface area contributed by atoms with E-state index in [2.05, 4.69) is 21.2 Å². The Kier molecular flexibility index (Phi) is 5.47. The summed E-state index contributed by atoms with van der Waals surface area (Å²) in [7, 11) is 0. The molecule has 19 heavy (non-hydrogen) atoms. The molecule has 1 aromatic carbocycles. The third kappa shape index (κ3) is 4.02. The SMILES string of the molecule is CC[C@H](C)[C@H](NC(=O)c1ccc(F)cc1Br)C(=O)O. The van der Waals surface area contributed by atoms with Crippen molar-refractivity contribution in [1.82, 2.24) is 5.32 Å². The molecule has 0 aliphatic carbocycles. The first kappa shape index (κ1) is 15.6. The molecule has 6 heteroatoms. The Labute approximate surface area is 119 Å². The zero-order valence-corrected chi connectivity index (χ0v) is 12.2. The third-order valence-electron chi connectivity index (χ3n) is 2.94. The number of carboxylic acid groups (broad SMARTS) is 1. The van der Waals surface area contributed by atoms with Gasteiger partial charge in [0, 0.05) is 4.47 Å². The van der Waals surface area contributed by atoms with E-state index in [-0.39, 0.29) is 11.5 Å². The van der Waals surface area contributed by atoms with Gasteiger partial charge in [-0.1, -0.05) is 20.3 Å². The van der Waals surface area contributed by atoms with Crippen LogP contribution in [0.1, 0.15) is 30.6 Å². The molecule has 1 amide bonds. The Hall–Kier alpha value is -1.43. The van der Waals surface area contributed by atoms with Gasteiger partial charge in [-0.25, -0.2) is 9.18 Å². The number of halogens is 2. The number of carbonyl (C=O) groups is 2. The maximum absolute atomic E-state index is 12.9. The van der Waals surface area contributed by atoms with Gasteiger partial charge in [-0.05, 0) is 40.0 Å². The van der Waals surface area contributed by atoms with E-state index in [1.165, 1.54) is 6.07 Å². The van der Waals surface area contributed by atoms with E-state index in [4.69, 9.17) is 5.11 Å². The summed E-state index contributed by atoms with van der Waals surface area (Å²) in [5.74, 6) is -2.29. The van der Waals surface area contributed by atoms with Crippen molar-refractivity contribution >= 4 is 27.8 Å². The first-order chi connectivity index (χ1) is 8.86. The van der Waals surface area contributed by atoms with E-state index in [0.717, 1.165) is 12.1 Å². The fraction of sp³-hybridized carbons (Fsp3) is 0.385. The van der Waals surface area contributed by atoms with Crippen LogP contribution in [-0.2, 0) is 4.79 Å². The molecule has 2 N–H and O–H groups in total. The van der Waals surface area contributed by atoms with E-state index in [0.29, 0.717) is 10.9 Å². The molecule has 4 nitrogen and oxygen atoms in total. The van der Waals surface area contributed by atoms with Crippen molar-refractivity contribution in [3.63, 3.8) is 0 Å². The summed E-state index contributed by atoms with van der Waals surface area (Å²) < 4.78 is 13.2. The number of carbonyl (C=O) groups excluding carboxylic acids is 1. The molecule has 0 unspecified atom stereocenters. The largest absolute Gasteiger partial charge is 0.480 e. The zero-order chi connectivity index (χ0) is 14.6. The molecule has 0 aromatic heterocycles. The molecule has 104 valence electrons. The van der Waals surface area contributed by atoms with Crippen LogP contribution in [0, 0.1) is 11.7 Å². The average Bonchev–Trinajstić information content (AvgIpc) is 2.34. The van der Waals surface area contributed by atoms with Gasteiger partial charge < -0.3 is 10.4 Å². The lowest BCUT2D eigenvalue weighted by molar-refractivity contribution is -0.140. The number of carboxylic acids is 1. The minimum absolute atomic E-state index is 0.194. The van der Waals surface area contributed by atoms with Crippen LogP contribution >= 0.6 is 15.9 Å². The van der Waals surface area contributed by atoms with Crippen LogP contribution in [0.25, 0.3) is 0 Å². The first-order valence-corrected chi connectivity index (χ1v) is 6.64. The number of hydrogen-bond acceptors (Lipinski definition) is 2. The molecule has 0 aliphatic heterocycles. The number of rotatable bonds is 5. The molecule has 0 heterocycles. The number of amides is 1. The first-order valence-electron chi connectivity index (χ1n) is 5.85. The lowest BCUT2D eigenvalue weighted by Crippen LogP contribution is -2.45. The number of benzene rings is 1. The monoisotopic (exact) mass is 331 g/mol. The summed E-state index contributed by atoms with van der Waals surface area (Å²) in [6, 6.07) is 2.66. The maximum Gasteiger partial charge on any atom is 0.326 e. The molecule has 1 aromatic rings. The van der Waals surface area contributed by atoms with Gasteiger partial charge >= 0.3 is 5.97 Å². The molecule has 1 rings (SSSR count). The van der Waals surface area contributed by atoms with Gasteiger partial charge in [0.25, 0.3) is 5.91 Å². The van der Waals surface area contributed by atoms with Gasteiger partial charge in [0.1, 0.15) is 11.9 Å². The van der Waals surface area contributed by atoms with Gasteiger partial charge in [0.05, 0.1) is 5.56 Å². The Morgan fingerprint density at radius 3 is 2.58 bits per heavy atom. The minimum atomic E-state index is -1.08. The van der Waals surface area contributed by atoms with Crippen LogP contribution in [-0.4, -0.2) is 23.0 Å². The molecule has 0 fully saturated rings. The molecule has 0 aliphatic rings. The second kappa shape index (κ2) is 6.65. The summed E-state index contributed by atoms with van der Waals surface area (Å²) in [6.07, 6.45) is 0.627. The molecular weight excluding hydrogens is 317 g/mol. The third-order valence-corrected chi connectivity index (χ3v) is 3.60. The molecular formula is C13H15BrFNO3. The van der Waals surface area contributed by atoms with Gasteiger partial charge in [0.2, 0.25) is 0 Å². The molecule has 0 saturated carbocycles. The predicted octanol–water partition coefficient (Wildman–Crippen LogP) is 2.82. The van der Waals surface area contributed by atoms with Crippen molar-refractivity contribution in [2.75, 3.05) is 0 Å². The van der Waals surface area contributed by atoms with Gasteiger partial charge in [-0.3, -0.25) is 4.79 Å². The highest BCUT2D eigenvalue weighted by Crippen LogP contribution is 2.18. The Balaban J connectivity index is 2.91. The normalized spacial score (nSPS) is 13.7. The highest BCUT2D eigenvalue weighted by molar-refractivity contribution is 9.10. The van der Waals surface area contributed by atoms with Crippen LogP contribution < -0.4 is 5.32 Å². The van der Waals surface area contributed by atoms with Gasteiger partial charge in [-0.2, -0.15) is 0 Å². The van der Waals surface area contributed by atoms with Crippen LogP contribution in [0.2, 0.25) is 0 Å². The van der Waals surface area contributed by atoms with E-state index < -0.39 is 23.7 Å². The second-order valence-corrected chi connectivity index (χ2v) is 5.15. The minimum Gasteiger partial charge on any atom is -0.480 e. The fourth-order valence-corrected chi connectivity index (χ4v) is 2.11. The summed E-state index contributed by atoms with van der Waals surface area (Å²) in [6.45, 7) is 3.60. The molecule has 0 radical (unpaired) electrons. The Morgan fingerprint density at radius 2 is 2.11 bits per heavy atom. The van der Waals surface area contributed by atoms with Crippen molar-refractivity contribution in [3.05, 3.63) is 34.1 Å². The number of nitrogens with one attached hydrogen (secondary N) is 1. The highest BCUT2D eigenvalue weighted by Gasteiger charge is 2.26. The van der Waals surface area contributed by atoms with E-state index in [1.54, 1.807) is 6.92 Å². The van der Waals surface area contributed by atoms with Crippen LogP contribution in [0.15, 0.2) is 22.7 Å². The summed E-state index contributed by atoms with van der Waals surface area (Å²) in [5.41, 5.74) is 0.205. The van der Waals surface area contributed by atoms with Crippen molar-refractivity contribution in [2.24, 2.45) is 5.92 Å². The average molecular weight is 332 g/mol. The van der Waals surface area contributed by atoms with Crippen molar-refractivity contribution in [1.29, 1.82) is 0 Å². The highest BCUT2D eigenvalue weighted by atomic mass is 79.9. The Bertz CT molecular complexity index is 493. The Morgan fingerprint density at radius 1 is 1.47 bits per heavy atom. The van der Waals surface area contributed by atoms with Crippen LogP contribution in [0.3, 0.4) is 0 Å².